The largest absolute Gasteiger partial charge is 0.493 e. The van der Waals surface area contributed by atoms with Crippen LogP contribution >= 0.6 is 23.4 Å². The van der Waals surface area contributed by atoms with E-state index in [-0.39, 0.29) is 0 Å². The summed E-state index contributed by atoms with van der Waals surface area (Å²) in [6.07, 6.45) is 4.46. The summed E-state index contributed by atoms with van der Waals surface area (Å²) in [7, 11) is 1.61. The van der Waals surface area contributed by atoms with Crippen LogP contribution in [0.3, 0.4) is 0 Å². The fraction of sp³-hybridized carbons (Fsp3) is 0.250. The molecule has 0 unspecified atom stereocenters. The Hall–Kier alpha value is -2.51. The molecule has 3 aromatic rings. The molecule has 0 amide bonds. The van der Waals surface area contributed by atoms with E-state index in [4.69, 9.17) is 21.1 Å². The van der Waals surface area contributed by atoms with Gasteiger partial charge in [-0.1, -0.05) is 42.4 Å². The molecule has 0 spiro atoms. The third-order valence-corrected chi connectivity index (χ3v) is 4.82. The van der Waals surface area contributed by atoms with Gasteiger partial charge in [0.25, 0.3) is 0 Å². The molecule has 0 aliphatic carbocycles. The minimum Gasteiger partial charge on any atom is -0.493 e. The second kappa shape index (κ2) is 9.61. The smallest absolute Gasteiger partial charge is 0.211 e. The normalized spacial score (nSPS) is 11.1. The molecular formula is C20H21ClN4O2S. The summed E-state index contributed by atoms with van der Waals surface area (Å²) in [5.74, 6) is 2.10. The Morgan fingerprint density at radius 3 is 2.75 bits per heavy atom. The van der Waals surface area contributed by atoms with Crippen molar-refractivity contribution in [2.45, 2.75) is 25.1 Å². The van der Waals surface area contributed by atoms with E-state index in [1.807, 2.05) is 55.6 Å². The Kier molecular flexibility index (Phi) is 6.95. The first kappa shape index (κ1) is 20.2. The molecule has 0 aliphatic heterocycles. The summed E-state index contributed by atoms with van der Waals surface area (Å²) in [6.45, 7) is 2.43. The fourth-order valence-electron chi connectivity index (χ4n) is 2.56. The summed E-state index contributed by atoms with van der Waals surface area (Å²) in [5.41, 5.74) is 1.87. The van der Waals surface area contributed by atoms with Crippen molar-refractivity contribution in [2.75, 3.05) is 13.4 Å². The van der Waals surface area contributed by atoms with Crippen LogP contribution in [0.25, 0.3) is 0 Å². The monoisotopic (exact) mass is 416 g/mol. The number of hydrogen-bond acceptors (Lipinski definition) is 6. The van der Waals surface area contributed by atoms with Crippen molar-refractivity contribution in [3.05, 3.63) is 64.4 Å². The minimum absolute atomic E-state index is 0.405. The standard InChI is InChI=1S/C20H21ClN4O2S/c1-4-19-23-24-20(28-3)25(19)22-12-14-8-9-17(18(11-14)26-2)27-13-15-6-5-7-16(21)10-15/h5-12H,4,13H2,1-3H3/b22-12-. The van der Waals surface area contributed by atoms with Crippen LogP contribution in [0.4, 0.5) is 0 Å². The van der Waals surface area contributed by atoms with E-state index in [0.29, 0.717) is 23.1 Å². The summed E-state index contributed by atoms with van der Waals surface area (Å²) in [4.78, 5) is 0. The maximum Gasteiger partial charge on any atom is 0.211 e. The zero-order valence-electron chi connectivity index (χ0n) is 15.9. The Balaban J connectivity index is 1.77. The third-order valence-electron chi connectivity index (χ3n) is 3.97. The van der Waals surface area contributed by atoms with E-state index < -0.39 is 0 Å². The lowest BCUT2D eigenvalue weighted by Gasteiger charge is -2.11. The van der Waals surface area contributed by atoms with Crippen LogP contribution in [-0.4, -0.2) is 34.5 Å². The number of methoxy groups -OCH3 is 1. The third kappa shape index (κ3) is 4.85. The molecule has 0 saturated carbocycles. The highest BCUT2D eigenvalue weighted by Crippen LogP contribution is 2.28. The summed E-state index contributed by atoms with van der Waals surface area (Å²) in [5, 5.41) is 14.2. The Bertz CT molecular complexity index is 953. The number of halogens is 1. The molecule has 0 saturated heterocycles. The van der Waals surface area contributed by atoms with Crippen LogP contribution in [0.5, 0.6) is 11.5 Å². The van der Waals surface area contributed by atoms with E-state index in [0.717, 1.165) is 28.5 Å². The van der Waals surface area contributed by atoms with Gasteiger partial charge in [0.15, 0.2) is 17.3 Å². The predicted octanol–water partition coefficient (Wildman–Crippen LogP) is 4.69. The highest BCUT2D eigenvalue weighted by molar-refractivity contribution is 7.98. The van der Waals surface area contributed by atoms with Gasteiger partial charge in [-0.3, -0.25) is 0 Å². The highest BCUT2D eigenvalue weighted by Gasteiger charge is 2.09. The lowest BCUT2D eigenvalue weighted by atomic mass is 10.2. The van der Waals surface area contributed by atoms with E-state index in [2.05, 4.69) is 15.3 Å². The van der Waals surface area contributed by atoms with Crippen molar-refractivity contribution in [2.24, 2.45) is 5.10 Å². The molecule has 1 aromatic heterocycles. The average molecular weight is 417 g/mol. The molecule has 6 nitrogen and oxygen atoms in total. The average Bonchev–Trinajstić information content (AvgIpc) is 3.13. The summed E-state index contributed by atoms with van der Waals surface area (Å²) in [6, 6.07) is 13.3. The van der Waals surface area contributed by atoms with Crippen LogP contribution in [-0.2, 0) is 13.0 Å². The number of benzene rings is 2. The molecule has 1 heterocycles. The molecule has 146 valence electrons. The van der Waals surface area contributed by atoms with Gasteiger partial charge in [-0.15, -0.1) is 10.2 Å². The molecule has 8 heteroatoms. The van der Waals surface area contributed by atoms with Crippen LogP contribution in [0.15, 0.2) is 52.7 Å². The van der Waals surface area contributed by atoms with Gasteiger partial charge in [0.2, 0.25) is 5.16 Å². The molecule has 0 N–H and O–H groups in total. The van der Waals surface area contributed by atoms with Gasteiger partial charge >= 0.3 is 0 Å². The quantitative estimate of drug-likeness (QED) is 0.394. The molecule has 0 atom stereocenters. The molecular weight excluding hydrogens is 396 g/mol. The molecule has 3 rings (SSSR count). The summed E-state index contributed by atoms with van der Waals surface area (Å²) < 4.78 is 13.1. The predicted molar refractivity (Wildman–Crippen MR) is 113 cm³/mol. The molecule has 0 bridgehead atoms. The second-order valence-electron chi connectivity index (χ2n) is 5.84. The van der Waals surface area contributed by atoms with Crippen molar-refractivity contribution >= 4 is 29.6 Å². The topological polar surface area (TPSA) is 61.5 Å². The lowest BCUT2D eigenvalue weighted by molar-refractivity contribution is 0.284. The minimum atomic E-state index is 0.405. The van der Waals surface area contributed by atoms with Gasteiger partial charge in [0.05, 0.1) is 13.3 Å². The van der Waals surface area contributed by atoms with Crippen LogP contribution in [0.1, 0.15) is 23.9 Å². The van der Waals surface area contributed by atoms with E-state index >= 15 is 0 Å². The Morgan fingerprint density at radius 2 is 2.04 bits per heavy atom. The van der Waals surface area contributed by atoms with Gasteiger partial charge < -0.3 is 9.47 Å². The first-order valence-electron chi connectivity index (χ1n) is 8.72. The van der Waals surface area contributed by atoms with E-state index in [9.17, 15) is 0 Å². The zero-order valence-corrected chi connectivity index (χ0v) is 17.5. The fourth-order valence-corrected chi connectivity index (χ4v) is 3.22. The molecule has 0 radical (unpaired) electrons. The zero-order chi connectivity index (χ0) is 19.9. The number of thioether (sulfide) groups is 1. The Morgan fingerprint density at radius 1 is 1.18 bits per heavy atom. The van der Waals surface area contributed by atoms with Crippen LogP contribution in [0, 0.1) is 0 Å². The van der Waals surface area contributed by atoms with E-state index in [1.54, 1.807) is 18.0 Å². The van der Waals surface area contributed by atoms with Crippen molar-refractivity contribution in [3.63, 3.8) is 0 Å². The van der Waals surface area contributed by atoms with Gasteiger partial charge in [0.1, 0.15) is 6.61 Å². The first-order valence-corrected chi connectivity index (χ1v) is 10.3. The molecule has 2 aromatic carbocycles. The molecule has 0 aliphatic rings. The SMILES string of the molecule is CCc1nnc(SC)n1/N=C\c1ccc(OCc2cccc(Cl)c2)c(OC)c1. The number of hydrogen-bond donors (Lipinski definition) is 0. The number of nitrogens with zero attached hydrogens (tertiary/aromatic N) is 4. The maximum atomic E-state index is 6.02. The van der Waals surface area contributed by atoms with E-state index in [1.165, 1.54) is 11.8 Å². The molecule has 0 fully saturated rings. The number of aryl methyl sites for hydroxylation is 1. The van der Waals surface area contributed by atoms with Gasteiger partial charge in [0, 0.05) is 11.4 Å². The van der Waals surface area contributed by atoms with Crippen molar-refractivity contribution in [1.29, 1.82) is 0 Å². The van der Waals surface area contributed by atoms with Crippen molar-refractivity contribution < 1.29 is 9.47 Å². The van der Waals surface area contributed by atoms with Crippen LogP contribution < -0.4 is 9.47 Å². The highest BCUT2D eigenvalue weighted by atomic mass is 35.5. The number of ether oxygens (including phenoxy) is 2. The van der Waals surface area contributed by atoms with Gasteiger partial charge in [-0.05, 0) is 47.7 Å². The first-order chi connectivity index (χ1) is 13.6. The second-order valence-corrected chi connectivity index (χ2v) is 7.05. The lowest BCUT2D eigenvalue weighted by Crippen LogP contribution is -2.00. The van der Waals surface area contributed by atoms with Gasteiger partial charge in [-0.2, -0.15) is 9.78 Å². The van der Waals surface area contributed by atoms with Crippen molar-refractivity contribution in [3.8, 4) is 11.5 Å². The summed E-state index contributed by atoms with van der Waals surface area (Å²) >= 11 is 7.52. The Labute approximate surface area is 173 Å². The number of aromatic nitrogens is 3. The number of rotatable bonds is 8. The van der Waals surface area contributed by atoms with Gasteiger partial charge in [-0.25, -0.2) is 0 Å². The van der Waals surface area contributed by atoms with Crippen molar-refractivity contribution in [1.82, 2.24) is 14.9 Å². The maximum absolute atomic E-state index is 6.02. The molecule has 28 heavy (non-hydrogen) atoms. The van der Waals surface area contributed by atoms with Crippen LogP contribution in [0.2, 0.25) is 5.02 Å².